The summed E-state index contributed by atoms with van der Waals surface area (Å²) in [6.07, 6.45) is 3.48. The van der Waals surface area contributed by atoms with Gasteiger partial charge in [0, 0.05) is 5.69 Å². The highest BCUT2D eigenvalue weighted by Crippen LogP contribution is 2.11. The quantitative estimate of drug-likeness (QED) is 0.685. The van der Waals surface area contributed by atoms with Gasteiger partial charge in [-0.15, -0.1) is 5.10 Å². The Hall–Kier alpha value is -1.58. The first-order valence-corrected chi connectivity index (χ1v) is 3.80. The van der Waals surface area contributed by atoms with Crippen molar-refractivity contribution in [3.8, 4) is 5.82 Å². The van der Waals surface area contributed by atoms with E-state index in [-0.39, 0.29) is 0 Å². The fourth-order valence-electron chi connectivity index (χ4n) is 1.28. The normalized spacial score (nSPS) is 10.5. The van der Waals surface area contributed by atoms with Crippen molar-refractivity contribution in [3.63, 3.8) is 0 Å². The van der Waals surface area contributed by atoms with E-state index >= 15 is 0 Å². The highest BCUT2D eigenvalue weighted by Gasteiger charge is 2.03. The molecule has 0 aromatic carbocycles. The molecule has 0 saturated carbocycles. The molecule has 0 aliphatic rings. The molecule has 0 unspecified atom stereocenters. The van der Waals surface area contributed by atoms with Gasteiger partial charge in [-0.3, -0.25) is 0 Å². The molecular weight excluding hydrogens is 152 g/mol. The number of aromatic nitrogens is 4. The third kappa shape index (κ3) is 1.01. The first-order valence-electron chi connectivity index (χ1n) is 3.80. The van der Waals surface area contributed by atoms with Gasteiger partial charge in [0.1, 0.15) is 5.82 Å². The Bertz CT molecular complexity index is 372. The first kappa shape index (κ1) is 7.09. The van der Waals surface area contributed by atoms with Gasteiger partial charge in [0.2, 0.25) is 0 Å². The van der Waals surface area contributed by atoms with Crippen molar-refractivity contribution in [2.24, 2.45) is 0 Å². The molecular formula is C8H10N4. The van der Waals surface area contributed by atoms with E-state index in [1.165, 1.54) is 5.56 Å². The van der Waals surface area contributed by atoms with Gasteiger partial charge in [0.05, 0.1) is 12.4 Å². The zero-order chi connectivity index (χ0) is 8.55. The fraction of sp³-hybridized carbons (Fsp3) is 0.250. The molecule has 0 fully saturated rings. The van der Waals surface area contributed by atoms with Crippen LogP contribution in [0.2, 0.25) is 0 Å². The van der Waals surface area contributed by atoms with Crippen LogP contribution in [0.15, 0.2) is 18.5 Å². The maximum absolute atomic E-state index is 3.90. The number of aromatic amines is 1. The summed E-state index contributed by atoms with van der Waals surface area (Å²) in [6.45, 7) is 4.06. The lowest BCUT2D eigenvalue weighted by molar-refractivity contribution is 0.780. The fourth-order valence-corrected chi connectivity index (χ4v) is 1.28. The minimum atomic E-state index is 0.991. The van der Waals surface area contributed by atoms with Gasteiger partial charge in [-0.2, -0.15) is 0 Å². The van der Waals surface area contributed by atoms with E-state index in [4.69, 9.17) is 0 Å². The van der Waals surface area contributed by atoms with Crippen molar-refractivity contribution < 1.29 is 0 Å². The van der Waals surface area contributed by atoms with Crippen LogP contribution < -0.4 is 0 Å². The van der Waals surface area contributed by atoms with E-state index in [0.29, 0.717) is 0 Å². The second kappa shape index (κ2) is 2.48. The lowest BCUT2D eigenvalue weighted by atomic mass is 10.3. The van der Waals surface area contributed by atoms with Gasteiger partial charge in [0.25, 0.3) is 0 Å². The van der Waals surface area contributed by atoms with E-state index in [9.17, 15) is 0 Å². The smallest absolute Gasteiger partial charge is 0.136 e. The Morgan fingerprint density at radius 3 is 2.75 bits per heavy atom. The minimum absolute atomic E-state index is 0.991. The Balaban J connectivity index is 2.54. The summed E-state index contributed by atoms with van der Waals surface area (Å²) in [5.74, 6) is 0.991. The predicted octanol–water partition coefficient (Wildman–Crippen LogP) is 1.21. The van der Waals surface area contributed by atoms with E-state index < -0.39 is 0 Å². The van der Waals surface area contributed by atoms with E-state index in [1.807, 2.05) is 20.0 Å². The third-order valence-electron chi connectivity index (χ3n) is 1.77. The van der Waals surface area contributed by atoms with Crippen molar-refractivity contribution >= 4 is 0 Å². The van der Waals surface area contributed by atoms with Crippen molar-refractivity contribution in [2.45, 2.75) is 13.8 Å². The summed E-state index contributed by atoms with van der Waals surface area (Å²) in [7, 11) is 0. The number of H-pyrrole nitrogens is 1. The number of aryl methyl sites for hydroxylation is 2. The van der Waals surface area contributed by atoms with Crippen LogP contribution in [0.1, 0.15) is 11.3 Å². The number of nitrogens with one attached hydrogen (secondary N) is 1. The zero-order valence-electron chi connectivity index (χ0n) is 7.07. The molecule has 4 heteroatoms. The van der Waals surface area contributed by atoms with Gasteiger partial charge in [-0.1, -0.05) is 5.21 Å². The molecule has 2 rings (SSSR count). The maximum Gasteiger partial charge on any atom is 0.136 e. The predicted molar refractivity (Wildman–Crippen MR) is 45.2 cm³/mol. The molecule has 0 saturated heterocycles. The molecule has 62 valence electrons. The Morgan fingerprint density at radius 1 is 1.42 bits per heavy atom. The standard InChI is InChI=1S/C8H10N4/c1-6-5-7(2)10-8(6)12-4-3-9-11-12/h3-5,10H,1-2H3. The second-order valence-corrected chi connectivity index (χ2v) is 2.83. The summed E-state index contributed by atoms with van der Waals surface area (Å²) in [5.41, 5.74) is 2.32. The molecule has 12 heavy (non-hydrogen) atoms. The largest absolute Gasteiger partial charge is 0.344 e. The molecule has 2 aromatic rings. The van der Waals surface area contributed by atoms with Crippen LogP contribution >= 0.6 is 0 Å². The Morgan fingerprint density at radius 2 is 2.25 bits per heavy atom. The minimum Gasteiger partial charge on any atom is -0.344 e. The summed E-state index contributed by atoms with van der Waals surface area (Å²) in [4.78, 5) is 3.21. The van der Waals surface area contributed by atoms with Gasteiger partial charge < -0.3 is 4.98 Å². The molecule has 1 N–H and O–H groups in total. The molecule has 0 radical (unpaired) electrons. The van der Waals surface area contributed by atoms with E-state index in [2.05, 4.69) is 21.4 Å². The van der Waals surface area contributed by atoms with Gasteiger partial charge in [0.15, 0.2) is 0 Å². The van der Waals surface area contributed by atoms with E-state index in [0.717, 1.165) is 11.5 Å². The van der Waals surface area contributed by atoms with Crippen LogP contribution in [-0.2, 0) is 0 Å². The summed E-state index contributed by atoms with van der Waals surface area (Å²) >= 11 is 0. The lowest BCUT2D eigenvalue weighted by Crippen LogP contribution is -1.97. The van der Waals surface area contributed by atoms with Crippen LogP contribution in [0.5, 0.6) is 0 Å². The van der Waals surface area contributed by atoms with Crippen LogP contribution in [0.4, 0.5) is 0 Å². The average molecular weight is 162 g/mol. The maximum atomic E-state index is 3.90. The third-order valence-corrected chi connectivity index (χ3v) is 1.77. The first-order chi connectivity index (χ1) is 5.77. The lowest BCUT2D eigenvalue weighted by Gasteiger charge is -1.96. The molecule has 0 aliphatic heterocycles. The molecule has 2 heterocycles. The average Bonchev–Trinajstić information content (AvgIpc) is 2.58. The van der Waals surface area contributed by atoms with Crippen molar-refractivity contribution in [2.75, 3.05) is 0 Å². The summed E-state index contributed by atoms with van der Waals surface area (Å²) in [5, 5.41) is 7.64. The highest BCUT2D eigenvalue weighted by molar-refractivity contribution is 5.35. The molecule has 0 spiro atoms. The van der Waals surface area contributed by atoms with Crippen LogP contribution in [0.3, 0.4) is 0 Å². The molecule has 0 aliphatic carbocycles. The number of rotatable bonds is 1. The summed E-state index contributed by atoms with van der Waals surface area (Å²) in [6, 6.07) is 2.08. The zero-order valence-corrected chi connectivity index (χ0v) is 7.07. The number of hydrogen-bond donors (Lipinski definition) is 1. The van der Waals surface area contributed by atoms with Crippen molar-refractivity contribution in [1.82, 2.24) is 20.0 Å². The van der Waals surface area contributed by atoms with Gasteiger partial charge in [-0.05, 0) is 25.5 Å². The Labute approximate surface area is 70.2 Å². The van der Waals surface area contributed by atoms with Gasteiger partial charge >= 0.3 is 0 Å². The molecule has 2 aromatic heterocycles. The van der Waals surface area contributed by atoms with Crippen molar-refractivity contribution in [3.05, 3.63) is 29.7 Å². The molecule has 0 atom stereocenters. The number of nitrogens with zero attached hydrogens (tertiary/aromatic N) is 3. The second-order valence-electron chi connectivity index (χ2n) is 2.83. The molecule has 0 amide bonds. The van der Waals surface area contributed by atoms with Crippen molar-refractivity contribution in [1.29, 1.82) is 0 Å². The number of hydrogen-bond acceptors (Lipinski definition) is 2. The Kier molecular flexibility index (Phi) is 1.46. The van der Waals surface area contributed by atoms with Crippen LogP contribution in [-0.4, -0.2) is 20.0 Å². The SMILES string of the molecule is Cc1cc(C)c(-n2ccnn2)[nH]1. The van der Waals surface area contributed by atoms with Crippen LogP contribution in [0, 0.1) is 13.8 Å². The summed E-state index contributed by atoms with van der Waals surface area (Å²) < 4.78 is 1.72. The van der Waals surface area contributed by atoms with Gasteiger partial charge in [-0.25, -0.2) is 4.68 Å². The molecule has 0 bridgehead atoms. The van der Waals surface area contributed by atoms with E-state index in [1.54, 1.807) is 10.9 Å². The highest BCUT2D eigenvalue weighted by atomic mass is 15.4. The van der Waals surface area contributed by atoms with Crippen LogP contribution in [0.25, 0.3) is 5.82 Å². The monoisotopic (exact) mass is 162 g/mol. The topological polar surface area (TPSA) is 46.5 Å². The molecule has 4 nitrogen and oxygen atoms in total.